The summed E-state index contributed by atoms with van der Waals surface area (Å²) in [6.45, 7) is 4.16. The first kappa shape index (κ1) is 6.14. The highest BCUT2D eigenvalue weighted by molar-refractivity contribution is 5.95. The molecule has 0 saturated carbocycles. The fraction of sp³-hybridized carbons (Fsp3) is 0.250. The minimum Gasteiger partial charge on any atom is -0.297 e. The van der Waals surface area contributed by atoms with Gasteiger partial charge in [-0.15, -0.1) is 0 Å². The van der Waals surface area contributed by atoms with E-state index in [1.807, 2.05) is 5.32 Å². The maximum Gasteiger partial charge on any atom is 0.227 e. The fourth-order valence-electron chi connectivity index (χ4n) is 0.196. The molecule has 0 spiro atoms. The van der Waals surface area contributed by atoms with E-state index in [9.17, 15) is 9.59 Å². The molecule has 0 rings (SSSR count). The summed E-state index contributed by atoms with van der Waals surface area (Å²) in [5.41, 5.74) is 0. The molecule has 0 saturated heterocycles. The van der Waals surface area contributed by atoms with Crippen LogP contribution in [0.1, 0.15) is 6.92 Å². The Kier molecular flexibility index (Phi) is 2.05. The molecule has 39 valence electrons. The number of rotatable bonds is 0. The standard InChI is InChI=1S/C4H6NO2/c1-3(6)5-4(2)7/h1H2,2H3,(H,5,6,7). The molecule has 0 bridgehead atoms. The van der Waals surface area contributed by atoms with Crippen molar-refractivity contribution in [1.82, 2.24) is 5.32 Å². The molecule has 0 atom stereocenters. The zero-order valence-corrected chi connectivity index (χ0v) is 4.02. The highest BCUT2D eigenvalue weighted by Crippen LogP contribution is 1.58. The van der Waals surface area contributed by atoms with Gasteiger partial charge in [0.2, 0.25) is 11.8 Å². The summed E-state index contributed by atoms with van der Waals surface area (Å²) in [5.74, 6) is -0.937. The molecule has 0 fully saturated rings. The first-order valence-corrected chi connectivity index (χ1v) is 1.76. The van der Waals surface area contributed by atoms with E-state index in [1.165, 1.54) is 6.92 Å². The Morgan fingerprint density at radius 3 is 2.00 bits per heavy atom. The predicted molar refractivity (Wildman–Crippen MR) is 24.2 cm³/mol. The lowest BCUT2D eigenvalue weighted by atomic mass is 10.6. The van der Waals surface area contributed by atoms with Gasteiger partial charge in [-0.25, -0.2) is 0 Å². The van der Waals surface area contributed by atoms with E-state index in [0.717, 1.165) is 0 Å². The summed E-state index contributed by atoms with van der Waals surface area (Å²) in [5, 5.41) is 1.92. The van der Waals surface area contributed by atoms with Crippen molar-refractivity contribution in [2.24, 2.45) is 0 Å². The first-order valence-electron chi connectivity index (χ1n) is 1.76. The van der Waals surface area contributed by atoms with Gasteiger partial charge in [0.05, 0.1) is 0 Å². The molecule has 0 aliphatic heterocycles. The molecule has 0 aromatic carbocycles. The zero-order valence-electron chi connectivity index (χ0n) is 4.02. The second-order valence-electron chi connectivity index (χ2n) is 1.10. The number of amides is 2. The predicted octanol–water partition coefficient (Wildman–Crippen LogP) is -0.517. The maximum absolute atomic E-state index is 9.88. The van der Waals surface area contributed by atoms with Crippen LogP contribution in [0, 0.1) is 6.92 Å². The second kappa shape index (κ2) is 2.34. The van der Waals surface area contributed by atoms with E-state index in [2.05, 4.69) is 6.92 Å². The lowest BCUT2D eigenvalue weighted by molar-refractivity contribution is -0.126. The van der Waals surface area contributed by atoms with Crippen molar-refractivity contribution in [2.75, 3.05) is 0 Å². The first-order chi connectivity index (χ1) is 3.13. The summed E-state index contributed by atoms with van der Waals surface area (Å²) in [6, 6.07) is 0. The molecular formula is C4H6NO2. The van der Waals surface area contributed by atoms with Crippen LogP contribution in [-0.2, 0) is 9.59 Å². The molecule has 2 amide bonds. The van der Waals surface area contributed by atoms with Crippen LogP contribution in [0.15, 0.2) is 0 Å². The smallest absolute Gasteiger partial charge is 0.227 e. The average molecular weight is 100 g/mol. The van der Waals surface area contributed by atoms with Crippen LogP contribution in [0.3, 0.4) is 0 Å². The molecule has 1 N–H and O–H groups in total. The third kappa shape index (κ3) is 5.14. The van der Waals surface area contributed by atoms with E-state index in [0.29, 0.717) is 0 Å². The van der Waals surface area contributed by atoms with E-state index < -0.39 is 5.91 Å². The van der Waals surface area contributed by atoms with Crippen LogP contribution >= 0.6 is 0 Å². The Morgan fingerprint density at radius 1 is 1.57 bits per heavy atom. The molecule has 0 aromatic heterocycles. The number of nitrogens with one attached hydrogen (secondary N) is 1. The van der Waals surface area contributed by atoms with Gasteiger partial charge in [-0.1, -0.05) is 0 Å². The molecule has 1 radical (unpaired) electrons. The molecule has 7 heavy (non-hydrogen) atoms. The minimum atomic E-state index is -0.562. The Balaban J connectivity index is 3.32. The van der Waals surface area contributed by atoms with Gasteiger partial charge in [0.1, 0.15) is 0 Å². The van der Waals surface area contributed by atoms with E-state index in [4.69, 9.17) is 0 Å². The second-order valence-corrected chi connectivity index (χ2v) is 1.10. The molecule has 0 aromatic rings. The highest BCUT2D eigenvalue weighted by atomic mass is 16.2. The van der Waals surface area contributed by atoms with Crippen LogP contribution in [0.25, 0.3) is 0 Å². The van der Waals surface area contributed by atoms with Crippen LogP contribution in [-0.4, -0.2) is 11.8 Å². The molecule has 0 aliphatic carbocycles. The Bertz CT molecular complexity index is 85.9. The Hall–Kier alpha value is -0.860. The van der Waals surface area contributed by atoms with E-state index >= 15 is 0 Å². The van der Waals surface area contributed by atoms with Gasteiger partial charge in [-0.2, -0.15) is 0 Å². The van der Waals surface area contributed by atoms with Crippen LogP contribution in [0.5, 0.6) is 0 Å². The monoisotopic (exact) mass is 100 g/mol. The van der Waals surface area contributed by atoms with Gasteiger partial charge in [-0.05, 0) is 0 Å². The van der Waals surface area contributed by atoms with Crippen molar-refractivity contribution in [3.05, 3.63) is 6.92 Å². The third-order valence-corrected chi connectivity index (χ3v) is 0.315. The summed E-state index contributed by atoms with van der Waals surface area (Å²) in [7, 11) is 0. The summed E-state index contributed by atoms with van der Waals surface area (Å²) < 4.78 is 0. The number of hydrogen-bond donors (Lipinski definition) is 1. The average Bonchev–Trinajstić information content (AvgIpc) is 1.27. The topological polar surface area (TPSA) is 46.2 Å². The number of imide groups is 1. The Labute approximate surface area is 41.7 Å². The minimum absolute atomic E-state index is 0.375. The van der Waals surface area contributed by atoms with Crippen LogP contribution < -0.4 is 5.32 Å². The fourth-order valence-corrected chi connectivity index (χ4v) is 0.196. The van der Waals surface area contributed by atoms with Crippen LogP contribution in [0.4, 0.5) is 0 Å². The van der Waals surface area contributed by atoms with Crippen molar-refractivity contribution in [1.29, 1.82) is 0 Å². The van der Waals surface area contributed by atoms with Crippen molar-refractivity contribution in [3.63, 3.8) is 0 Å². The highest BCUT2D eigenvalue weighted by Gasteiger charge is 1.90. The van der Waals surface area contributed by atoms with Crippen molar-refractivity contribution >= 4 is 11.8 Å². The SMILES string of the molecule is [CH2]C(=O)NC(C)=O. The number of carbonyl (C=O) groups is 2. The molecule has 0 unspecified atom stereocenters. The van der Waals surface area contributed by atoms with E-state index in [-0.39, 0.29) is 5.91 Å². The largest absolute Gasteiger partial charge is 0.297 e. The Morgan fingerprint density at radius 2 is 2.00 bits per heavy atom. The van der Waals surface area contributed by atoms with E-state index in [1.54, 1.807) is 0 Å². The lowest BCUT2D eigenvalue weighted by Crippen LogP contribution is -2.24. The molecule has 0 aliphatic rings. The van der Waals surface area contributed by atoms with Gasteiger partial charge in [0.25, 0.3) is 0 Å². The quantitative estimate of drug-likeness (QED) is 0.445. The third-order valence-electron chi connectivity index (χ3n) is 0.315. The van der Waals surface area contributed by atoms with Gasteiger partial charge in [0, 0.05) is 13.8 Å². The number of carbonyl (C=O) groups excluding carboxylic acids is 2. The van der Waals surface area contributed by atoms with Crippen molar-refractivity contribution in [2.45, 2.75) is 6.92 Å². The molecule has 3 nitrogen and oxygen atoms in total. The summed E-state index contributed by atoms with van der Waals surface area (Å²) in [6.07, 6.45) is 0. The summed E-state index contributed by atoms with van der Waals surface area (Å²) in [4.78, 5) is 19.7. The molecular weight excluding hydrogens is 94.0 g/mol. The van der Waals surface area contributed by atoms with Gasteiger partial charge in [0.15, 0.2) is 0 Å². The van der Waals surface area contributed by atoms with Gasteiger partial charge < -0.3 is 0 Å². The van der Waals surface area contributed by atoms with Crippen molar-refractivity contribution < 1.29 is 9.59 Å². The van der Waals surface area contributed by atoms with Crippen molar-refractivity contribution in [3.8, 4) is 0 Å². The maximum atomic E-state index is 9.88. The van der Waals surface area contributed by atoms with Gasteiger partial charge >= 0.3 is 0 Å². The molecule has 3 heteroatoms. The summed E-state index contributed by atoms with van der Waals surface area (Å²) >= 11 is 0. The lowest BCUT2D eigenvalue weighted by Gasteiger charge is -1.88. The zero-order chi connectivity index (χ0) is 5.86. The van der Waals surface area contributed by atoms with Gasteiger partial charge in [-0.3, -0.25) is 14.9 Å². The molecule has 0 heterocycles. The normalized spacial score (nSPS) is 7.71. The van der Waals surface area contributed by atoms with Crippen LogP contribution in [0.2, 0.25) is 0 Å². The number of hydrogen-bond acceptors (Lipinski definition) is 2.